The first kappa shape index (κ1) is 29.3. The number of amides is 3. The van der Waals surface area contributed by atoms with E-state index in [1.807, 2.05) is 74.5 Å². The van der Waals surface area contributed by atoms with E-state index in [9.17, 15) is 14.4 Å². The first-order valence-corrected chi connectivity index (χ1v) is 14.0. The van der Waals surface area contributed by atoms with Crippen LogP contribution in [-0.2, 0) is 27.2 Å². The molecule has 1 fully saturated rings. The van der Waals surface area contributed by atoms with Gasteiger partial charge in [-0.3, -0.25) is 14.4 Å². The average Bonchev–Trinajstić information content (AvgIpc) is 3.70. The molecule has 0 aliphatic heterocycles. The van der Waals surface area contributed by atoms with Crippen molar-refractivity contribution >= 4 is 28.5 Å². The zero-order chi connectivity index (χ0) is 29.0. The van der Waals surface area contributed by atoms with Crippen LogP contribution in [0.1, 0.15) is 37.8 Å². The molecule has 0 radical (unpaired) electrons. The van der Waals surface area contributed by atoms with E-state index in [2.05, 4.69) is 17.4 Å². The number of carbonyl (C=O) groups is 3. The van der Waals surface area contributed by atoms with Gasteiger partial charge in [-0.25, -0.2) is 0 Å². The fourth-order valence-electron chi connectivity index (χ4n) is 5.64. The quantitative estimate of drug-likeness (QED) is 0.385. The van der Waals surface area contributed by atoms with Crippen LogP contribution in [0.5, 0.6) is 0 Å². The molecule has 1 aliphatic rings. The monoisotopic (exact) mass is 542 g/mol. The summed E-state index contributed by atoms with van der Waals surface area (Å²) >= 11 is 0. The van der Waals surface area contributed by atoms with Crippen LogP contribution in [-0.4, -0.2) is 66.3 Å². The van der Waals surface area contributed by atoms with Gasteiger partial charge in [0.15, 0.2) is 0 Å². The molecule has 1 aliphatic carbocycles. The van der Waals surface area contributed by atoms with Gasteiger partial charge in [0.1, 0.15) is 12.1 Å². The zero-order valence-electron chi connectivity index (χ0n) is 24.3. The Morgan fingerprint density at radius 3 is 2.15 bits per heavy atom. The van der Waals surface area contributed by atoms with Crippen LogP contribution in [0.2, 0.25) is 0 Å². The highest BCUT2D eigenvalue weighted by molar-refractivity contribution is 5.93. The first-order chi connectivity index (χ1) is 19.0. The van der Waals surface area contributed by atoms with Crippen molar-refractivity contribution in [3.05, 3.63) is 83.9 Å². The van der Waals surface area contributed by atoms with Crippen LogP contribution >= 0.6 is 0 Å². The molecule has 0 aromatic heterocycles. The van der Waals surface area contributed by atoms with E-state index in [1.165, 1.54) is 4.90 Å². The molecule has 4 unspecified atom stereocenters. The average molecular weight is 543 g/mol. The topological polar surface area (TPSA) is 95.7 Å². The van der Waals surface area contributed by atoms with E-state index >= 15 is 0 Å². The highest BCUT2D eigenvalue weighted by atomic mass is 16.2. The predicted molar refractivity (Wildman–Crippen MR) is 159 cm³/mol. The summed E-state index contributed by atoms with van der Waals surface area (Å²) in [5.74, 6) is -0.457. The first-order valence-electron chi connectivity index (χ1n) is 14.0. The zero-order valence-corrected chi connectivity index (χ0v) is 24.3. The second kappa shape index (κ2) is 12.2. The number of nitrogens with two attached hydrogens (primary N) is 1. The maximum absolute atomic E-state index is 14.2. The lowest BCUT2D eigenvalue weighted by atomic mass is 9.97. The number of benzene rings is 3. The van der Waals surface area contributed by atoms with Crippen LogP contribution in [0.4, 0.5) is 0 Å². The molecule has 40 heavy (non-hydrogen) atoms. The smallest absolute Gasteiger partial charge is 0.246 e. The second-order valence-corrected chi connectivity index (χ2v) is 11.9. The molecule has 7 heteroatoms. The predicted octanol–water partition coefficient (Wildman–Crippen LogP) is 3.79. The van der Waals surface area contributed by atoms with Gasteiger partial charge in [-0.1, -0.05) is 72.8 Å². The number of nitrogens with zero attached hydrogens (tertiary/aromatic N) is 2. The van der Waals surface area contributed by atoms with Crippen molar-refractivity contribution in [3.63, 3.8) is 0 Å². The molecule has 0 heterocycles. The van der Waals surface area contributed by atoms with Crippen molar-refractivity contribution in [2.75, 3.05) is 21.1 Å². The lowest BCUT2D eigenvalue weighted by Crippen LogP contribution is -2.56. The minimum Gasteiger partial charge on any atom is -0.357 e. The molecule has 212 valence electrons. The van der Waals surface area contributed by atoms with E-state index in [1.54, 1.807) is 26.0 Å². The van der Waals surface area contributed by atoms with E-state index in [-0.39, 0.29) is 35.1 Å². The second-order valence-electron chi connectivity index (χ2n) is 11.9. The third kappa shape index (κ3) is 7.07. The standard InChI is InChI=1S/C33H42N4O3/c1-33(2,34)21-26-20-27(26)31(39)37(5)29(19-23-15-16-24-13-9-10-14-25(24)17-23)32(40)36(4)28(30(38)35-3)18-22-11-7-6-8-12-22/h6-17,26-29H,18-21,34H2,1-5H3,(H,35,38). The molecule has 4 rings (SSSR count). The van der Waals surface area contributed by atoms with Crippen molar-refractivity contribution < 1.29 is 14.4 Å². The Hall–Kier alpha value is -3.71. The Labute approximate surface area is 237 Å². The minimum atomic E-state index is -0.756. The number of likely N-dealkylation sites (N-methyl/N-ethyl adjacent to an activating group) is 3. The van der Waals surface area contributed by atoms with E-state index in [4.69, 9.17) is 5.73 Å². The summed E-state index contributed by atoms with van der Waals surface area (Å²) in [6.07, 6.45) is 2.27. The Balaban J connectivity index is 1.62. The van der Waals surface area contributed by atoms with Gasteiger partial charge in [-0.15, -0.1) is 0 Å². The minimum absolute atomic E-state index is 0.0404. The summed E-state index contributed by atoms with van der Waals surface area (Å²) in [4.78, 5) is 44.0. The van der Waals surface area contributed by atoms with Crippen LogP contribution in [0.3, 0.4) is 0 Å². The lowest BCUT2D eigenvalue weighted by Gasteiger charge is -2.34. The molecule has 4 atom stereocenters. The van der Waals surface area contributed by atoms with Crippen molar-refractivity contribution in [1.29, 1.82) is 0 Å². The molecule has 3 aromatic rings. The highest BCUT2D eigenvalue weighted by Crippen LogP contribution is 2.45. The van der Waals surface area contributed by atoms with Gasteiger partial charge in [0.05, 0.1) is 0 Å². The Morgan fingerprint density at radius 2 is 1.50 bits per heavy atom. The van der Waals surface area contributed by atoms with Crippen LogP contribution < -0.4 is 11.1 Å². The Kier molecular flexibility index (Phi) is 8.94. The third-order valence-electron chi connectivity index (χ3n) is 8.01. The van der Waals surface area contributed by atoms with Gasteiger partial charge in [-0.2, -0.15) is 0 Å². The van der Waals surface area contributed by atoms with E-state index < -0.39 is 12.1 Å². The molecular weight excluding hydrogens is 500 g/mol. The lowest BCUT2D eigenvalue weighted by molar-refractivity contribution is -0.148. The summed E-state index contributed by atoms with van der Waals surface area (Å²) in [5.41, 5.74) is 7.79. The maximum atomic E-state index is 14.2. The number of fused-ring (bicyclic) bond motifs is 1. The SMILES string of the molecule is CNC(=O)C(Cc1ccccc1)N(C)C(=O)C(Cc1ccc2ccccc2c1)N(C)C(=O)C1CC1CC(C)(C)N. The summed E-state index contributed by atoms with van der Waals surface area (Å²) in [7, 11) is 4.95. The molecule has 0 spiro atoms. The molecule has 7 nitrogen and oxygen atoms in total. The van der Waals surface area contributed by atoms with Gasteiger partial charge in [0, 0.05) is 45.4 Å². The van der Waals surface area contributed by atoms with Crippen LogP contribution in [0.25, 0.3) is 10.8 Å². The van der Waals surface area contributed by atoms with Gasteiger partial charge >= 0.3 is 0 Å². The number of rotatable bonds is 11. The number of hydrogen-bond acceptors (Lipinski definition) is 4. The summed E-state index contributed by atoms with van der Waals surface area (Å²) in [6.45, 7) is 3.95. The van der Waals surface area contributed by atoms with Crippen molar-refractivity contribution in [1.82, 2.24) is 15.1 Å². The molecule has 0 bridgehead atoms. The number of nitrogens with one attached hydrogen (secondary N) is 1. The largest absolute Gasteiger partial charge is 0.357 e. The molecule has 0 saturated heterocycles. The van der Waals surface area contributed by atoms with Gasteiger partial charge in [-0.05, 0) is 54.5 Å². The summed E-state index contributed by atoms with van der Waals surface area (Å²) in [6, 6.07) is 22.4. The molecule has 3 N–H and O–H groups in total. The maximum Gasteiger partial charge on any atom is 0.246 e. The van der Waals surface area contributed by atoms with Crippen molar-refractivity contribution in [2.45, 2.75) is 57.2 Å². The number of carbonyl (C=O) groups excluding carboxylic acids is 3. The third-order valence-corrected chi connectivity index (χ3v) is 8.01. The molecule has 3 amide bonds. The molecular formula is C33H42N4O3. The van der Waals surface area contributed by atoms with Gasteiger partial charge in [0.25, 0.3) is 0 Å². The molecule has 1 saturated carbocycles. The van der Waals surface area contributed by atoms with Gasteiger partial charge < -0.3 is 20.9 Å². The highest BCUT2D eigenvalue weighted by Gasteiger charge is 2.47. The fourth-order valence-corrected chi connectivity index (χ4v) is 5.64. The van der Waals surface area contributed by atoms with Crippen molar-refractivity contribution in [3.8, 4) is 0 Å². The van der Waals surface area contributed by atoms with E-state index in [0.717, 1.165) is 34.7 Å². The molecule has 3 aromatic carbocycles. The normalized spacial score (nSPS) is 18.1. The Morgan fingerprint density at radius 1 is 0.875 bits per heavy atom. The van der Waals surface area contributed by atoms with E-state index in [0.29, 0.717) is 12.8 Å². The van der Waals surface area contributed by atoms with Crippen LogP contribution in [0.15, 0.2) is 72.8 Å². The van der Waals surface area contributed by atoms with Gasteiger partial charge in [0.2, 0.25) is 17.7 Å². The Bertz CT molecular complexity index is 1350. The van der Waals surface area contributed by atoms with Crippen molar-refractivity contribution in [2.24, 2.45) is 17.6 Å². The summed E-state index contributed by atoms with van der Waals surface area (Å²) in [5, 5.41) is 4.90. The number of hydrogen-bond donors (Lipinski definition) is 2. The summed E-state index contributed by atoms with van der Waals surface area (Å²) < 4.78 is 0. The fraction of sp³-hybridized carbons (Fsp3) is 0.424. The van der Waals surface area contributed by atoms with Crippen LogP contribution in [0, 0.1) is 11.8 Å².